The lowest BCUT2D eigenvalue weighted by molar-refractivity contribution is 0.0523. The van der Waals surface area contributed by atoms with Crippen LogP contribution in [0.5, 0.6) is 0 Å². The van der Waals surface area contributed by atoms with Gasteiger partial charge >= 0.3 is 6.09 Å². The van der Waals surface area contributed by atoms with E-state index in [1.54, 1.807) is 32.9 Å². The van der Waals surface area contributed by atoms with E-state index in [1.807, 2.05) is 6.07 Å². The summed E-state index contributed by atoms with van der Waals surface area (Å²) in [5.74, 6) is 0. The molecule has 1 rings (SSSR count). The number of halogens is 1. The number of hydrogen-bond donors (Lipinski definition) is 1. The number of amides is 1. The quantitative estimate of drug-likeness (QED) is 0.836. The van der Waals surface area contributed by atoms with Crippen LogP contribution in [0, 0.1) is 11.3 Å². The van der Waals surface area contributed by atoms with E-state index in [1.165, 1.54) is 0 Å². The number of ether oxygens (including phenoxy) is 1. The molecule has 0 saturated heterocycles. The first-order valence-electron chi connectivity index (χ1n) is 5.34. The van der Waals surface area contributed by atoms with Gasteiger partial charge in [-0.2, -0.15) is 5.26 Å². The van der Waals surface area contributed by atoms with E-state index in [4.69, 9.17) is 21.6 Å². The van der Waals surface area contributed by atoms with Crippen LogP contribution < -0.4 is 5.32 Å². The Hall–Kier alpha value is -1.80. The molecule has 0 saturated carbocycles. The van der Waals surface area contributed by atoms with Gasteiger partial charge in [0.15, 0.2) is 0 Å². The fourth-order valence-electron chi connectivity index (χ4n) is 1.13. The Kier molecular flexibility index (Phi) is 4.51. The van der Waals surface area contributed by atoms with Crippen LogP contribution in [0.15, 0.2) is 12.1 Å². The summed E-state index contributed by atoms with van der Waals surface area (Å²) in [7, 11) is 0. The fraction of sp³-hybridized carbons (Fsp3) is 0.417. The van der Waals surface area contributed by atoms with Gasteiger partial charge in [0.25, 0.3) is 0 Å². The summed E-state index contributed by atoms with van der Waals surface area (Å²) in [6.45, 7) is 5.54. The van der Waals surface area contributed by atoms with Gasteiger partial charge < -0.3 is 10.1 Å². The van der Waals surface area contributed by atoms with Gasteiger partial charge in [-0.3, -0.25) is 0 Å². The zero-order valence-electron chi connectivity index (χ0n) is 10.5. The van der Waals surface area contributed by atoms with Crippen molar-refractivity contribution in [1.82, 2.24) is 10.3 Å². The molecule has 0 unspecified atom stereocenters. The molecule has 0 atom stereocenters. The van der Waals surface area contributed by atoms with E-state index >= 15 is 0 Å². The zero-order chi connectivity index (χ0) is 13.8. The predicted octanol–water partition coefficient (Wildman–Crippen LogP) is 2.63. The third-order valence-electron chi connectivity index (χ3n) is 1.84. The van der Waals surface area contributed by atoms with Crippen molar-refractivity contribution in [2.45, 2.75) is 32.9 Å². The average Bonchev–Trinajstić information content (AvgIpc) is 2.24. The normalized spacial score (nSPS) is 10.6. The van der Waals surface area contributed by atoms with Crippen molar-refractivity contribution in [3.05, 3.63) is 28.5 Å². The maximum Gasteiger partial charge on any atom is 0.407 e. The van der Waals surface area contributed by atoms with Gasteiger partial charge in [0.2, 0.25) is 0 Å². The highest BCUT2D eigenvalue weighted by Gasteiger charge is 2.15. The molecule has 0 aliphatic carbocycles. The molecule has 0 spiro atoms. The van der Waals surface area contributed by atoms with Crippen molar-refractivity contribution in [2.75, 3.05) is 0 Å². The van der Waals surface area contributed by atoms with E-state index in [-0.39, 0.29) is 11.7 Å². The highest BCUT2D eigenvalue weighted by molar-refractivity contribution is 6.30. The third kappa shape index (κ3) is 4.60. The second-order valence-electron chi connectivity index (χ2n) is 4.61. The standard InChI is InChI=1S/C12H14ClN3O2/c1-12(2,3)18-11(17)15-7-9-5-4-8(6-14)10(13)16-9/h4-5H,7H2,1-3H3,(H,15,17). The fourth-order valence-corrected chi connectivity index (χ4v) is 1.34. The summed E-state index contributed by atoms with van der Waals surface area (Å²) in [5.41, 5.74) is 0.322. The van der Waals surface area contributed by atoms with Crippen LogP contribution in [-0.4, -0.2) is 16.7 Å². The van der Waals surface area contributed by atoms with Crippen molar-refractivity contribution >= 4 is 17.7 Å². The molecular formula is C12H14ClN3O2. The monoisotopic (exact) mass is 267 g/mol. The van der Waals surface area contributed by atoms with Gasteiger partial charge in [-0.25, -0.2) is 9.78 Å². The Morgan fingerprint density at radius 1 is 1.56 bits per heavy atom. The number of nitrogens with zero attached hydrogens (tertiary/aromatic N) is 2. The number of aromatic nitrogens is 1. The molecule has 0 fully saturated rings. The number of pyridine rings is 1. The number of rotatable bonds is 2. The molecule has 0 aliphatic heterocycles. The van der Waals surface area contributed by atoms with Crippen LogP contribution in [0.3, 0.4) is 0 Å². The molecule has 1 amide bonds. The van der Waals surface area contributed by atoms with E-state index in [0.717, 1.165) is 0 Å². The van der Waals surface area contributed by atoms with E-state index < -0.39 is 11.7 Å². The number of nitrogens with one attached hydrogen (secondary N) is 1. The molecule has 0 radical (unpaired) electrons. The number of alkyl carbamates (subject to hydrolysis) is 1. The molecule has 18 heavy (non-hydrogen) atoms. The number of carbonyl (C=O) groups is 1. The second-order valence-corrected chi connectivity index (χ2v) is 4.97. The molecule has 1 aromatic rings. The van der Waals surface area contributed by atoms with Crippen molar-refractivity contribution in [2.24, 2.45) is 0 Å². The molecule has 96 valence electrons. The maximum atomic E-state index is 11.4. The van der Waals surface area contributed by atoms with Gasteiger partial charge in [0, 0.05) is 0 Å². The first kappa shape index (κ1) is 14.3. The van der Waals surface area contributed by atoms with Crippen LogP contribution >= 0.6 is 11.6 Å². The van der Waals surface area contributed by atoms with Crippen LogP contribution in [0.4, 0.5) is 4.79 Å². The van der Waals surface area contributed by atoms with Crippen molar-refractivity contribution in [1.29, 1.82) is 5.26 Å². The number of hydrogen-bond acceptors (Lipinski definition) is 4. The Labute approximate surface area is 111 Å². The average molecular weight is 268 g/mol. The van der Waals surface area contributed by atoms with E-state index in [2.05, 4.69) is 10.3 Å². The van der Waals surface area contributed by atoms with Gasteiger partial charge in [0.1, 0.15) is 16.8 Å². The van der Waals surface area contributed by atoms with Crippen LogP contribution in [0.1, 0.15) is 32.0 Å². The second kappa shape index (κ2) is 5.69. The minimum absolute atomic E-state index is 0.126. The lowest BCUT2D eigenvalue weighted by atomic mass is 10.2. The highest BCUT2D eigenvalue weighted by atomic mass is 35.5. The molecule has 0 aromatic carbocycles. The lowest BCUT2D eigenvalue weighted by Gasteiger charge is -2.19. The summed E-state index contributed by atoms with van der Waals surface area (Å²) < 4.78 is 5.07. The Morgan fingerprint density at radius 3 is 2.72 bits per heavy atom. The first-order valence-corrected chi connectivity index (χ1v) is 5.72. The Balaban J connectivity index is 2.57. The minimum atomic E-state index is -0.542. The Morgan fingerprint density at radius 2 is 2.22 bits per heavy atom. The zero-order valence-corrected chi connectivity index (χ0v) is 11.2. The van der Waals surface area contributed by atoms with E-state index in [0.29, 0.717) is 11.3 Å². The highest BCUT2D eigenvalue weighted by Crippen LogP contribution is 2.12. The molecule has 5 nitrogen and oxygen atoms in total. The largest absolute Gasteiger partial charge is 0.444 e. The molecule has 1 heterocycles. The minimum Gasteiger partial charge on any atom is -0.444 e. The van der Waals surface area contributed by atoms with Crippen LogP contribution in [0.25, 0.3) is 0 Å². The summed E-state index contributed by atoms with van der Waals surface area (Å²) in [5, 5.41) is 11.4. The van der Waals surface area contributed by atoms with Crippen LogP contribution in [-0.2, 0) is 11.3 Å². The SMILES string of the molecule is CC(C)(C)OC(=O)NCc1ccc(C#N)c(Cl)n1. The summed E-state index contributed by atoms with van der Waals surface area (Å²) >= 11 is 5.77. The molecule has 0 bridgehead atoms. The maximum absolute atomic E-state index is 11.4. The summed E-state index contributed by atoms with van der Waals surface area (Å²) in [4.78, 5) is 15.4. The van der Waals surface area contributed by atoms with Gasteiger partial charge in [-0.1, -0.05) is 11.6 Å². The molecular weight excluding hydrogens is 254 g/mol. The Bertz CT molecular complexity index is 489. The predicted molar refractivity (Wildman–Crippen MR) is 67.0 cm³/mol. The van der Waals surface area contributed by atoms with Gasteiger partial charge in [0.05, 0.1) is 17.8 Å². The smallest absolute Gasteiger partial charge is 0.407 e. The number of nitriles is 1. The molecule has 6 heteroatoms. The van der Waals surface area contributed by atoms with Crippen molar-refractivity contribution < 1.29 is 9.53 Å². The topological polar surface area (TPSA) is 75.0 Å². The summed E-state index contributed by atoms with van der Waals surface area (Å²) in [6, 6.07) is 5.10. The number of carbonyl (C=O) groups excluding carboxylic acids is 1. The molecule has 1 N–H and O–H groups in total. The summed E-state index contributed by atoms with van der Waals surface area (Å²) in [6.07, 6.45) is -0.523. The molecule has 1 aromatic heterocycles. The third-order valence-corrected chi connectivity index (χ3v) is 2.13. The van der Waals surface area contributed by atoms with Gasteiger partial charge in [-0.15, -0.1) is 0 Å². The van der Waals surface area contributed by atoms with E-state index in [9.17, 15) is 4.79 Å². The van der Waals surface area contributed by atoms with Crippen LogP contribution in [0.2, 0.25) is 5.15 Å². The molecule has 0 aliphatic rings. The lowest BCUT2D eigenvalue weighted by Crippen LogP contribution is -2.32. The first-order chi connectivity index (χ1) is 8.31. The van der Waals surface area contributed by atoms with Crippen molar-refractivity contribution in [3.8, 4) is 6.07 Å². The van der Waals surface area contributed by atoms with Gasteiger partial charge in [-0.05, 0) is 32.9 Å². The van der Waals surface area contributed by atoms with Crippen molar-refractivity contribution in [3.63, 3.8) is 0 Å².